The first-order valence-electron chi connectivity index (χ1n) is 13.2. The lowest BCUT2D eigenvalue weighted by Gasteiger charge is -2.34. The lowest BCUT2D eigenvalue weighted by atomic mass is 10.0. The van der Waals surface area contributed by atoms with Gasteiger partial charge in [-0.05, 0) is 37.7 Å². The zero-order valence-electron chi connectivity index (χ0n) is 23.3. The van der Waals surface area contributed by atoms with E-state index in [9.17, 15) is 8.42 Å². The van der Waals surface area contributed by atoms with Crippen molar-refractivity contribution in [3.8, 4) is 28.6 Å². The molecular weight excluding hydrogens is 566 g/mol. The average molecular weight is 598 g/mol. The molecule has 1 N–H and O–H groups in total. The van der Waals surface area contributed by atoms with Gasteiger partial charge >= 0.3 is 0 Å². The number of rotatable bonds is 9. The molecule has 0 spiro atoms. The monoisotopic (exact) mass is 597 g/mol. The first-order chi connectivity index (χ1) is 19.7. The van der Waals surface area contributed by atoms with Gasteiger partial charge in [0.25, 0.3) is 10.0 Å². The summed E-state index contributed by atoms with van der Waals surface area (Å²) in [6.07, 6.45) is 3.14. The van der Waals surface area contributed by atoms with Crippen LogP contribution in [0.15, 0.2) is 59.8 Å². The van der Waals surface area contributed by atoms with E-state index in [1.807, 2.05) is 43.3 Å². The van der Waals surface area contributed by atoms with Gasteiger partial charge in [0.05, 0.1) is 24.7 Å². The van der Waals surface area contributed by atoms with Crippen molar-refractivity contribution in [3.05, 3.63) is 65.4 Å². The van der Waals surface area contributed by atoms with Crippen LogP contribution in [0.1, 0.15) is 12.5 Å². The zero-order valence-corrected chi connectivity index (χ0v) is 24.9. The molecule has 3 heterocycles. The summed E-state index contributed by atoms with van der Waals surface area (Å²) in [5.74, 6) is 1.00. The van der Waals surface area contributed by atoms with Gasteiger partial charge in [-0.25, -0.2) is 18.1 Å². The molecule has 11 nitrogen and oxygen atoms in total. The summed E-state index contributed by atoms with van der Waals surface area (Å²) >= 11 is 6.89. The number of hydrogen-bond donors (Lipinski definition) is 1. The number of anilines is 2. The summed E-state index contributed by atoms with van der Waals surface area (Å²) in [4.78, 5) is 13.6. The minimum absolute atomic E-state index is 0.0209. The number of methoxy groups -OCH3 is 1. The van der Waals surface area contributed by atoms with Crippen molar-refractivity contribution in [3.63, 3.8) is 0 Å². The molecule has 0 radical (unpaired) electrons. The van der Waals surface area contributed by atoms with E-state index in [1.54, 1.807) is 20.2 Å². The predicted octanol–water partition coefficient (Wildman–Crippen LogP) is 4.45. The van der Waals surface area contributed by atoms with Crippen LogP contribution in [0.25, 0.3) is 11.3 Å². The standard InChI is InChI=1S/C28H32ClN7O4S/c1-5-20-26(21-9-6-7-11-23(21)39-4)31-28(33-41(37,38)19-17-30-35(3)18-19)32-27(20)40-24-12-8-10-22(25(24)29)36-15-13-34(2)14-16-36/h6-12,17-18H,5,13-16H2,1-4H3,(H,31,32,33). The Morgan fingerprint density at radius 1 is 1.00 bits per heavy atom. The molecule has 5 rings (SSSR count). The highest BCUT2D eigenvalue weighted by Gasteiger charge is 2.25. The third-order valence-corrected chi connectivity index (χ3v) is 8.56. The van der Waals surface area contributed by atoms with Gasteiger partial charge in [-0.3, -0.25) is 4.68 Å². The third kappa shape index (κ3) is 6.09. The fourth-order valence-corrected chi connectivity index (χ4v) is 5.88. The summed E-state index contributed by atoms with van der Waals surface area (Å²) in [6.45, 7) is 5.48. The van der Waals surface area contributed by atoms with Gasteiger partial charge in [0.1, 0.15) is 21.4 Å². The Kier molecular flexibility index (Phi) is 8.34. The molecule has 41 heavy (non-hydrogen) atoms. The van der Waals surface area contributed by atoms with Crippen molar-refractivity contribution in [1.29, 1.82) is 0 Å². The molecule has 0 aliphatic carbocycles. The smallest absolute Gasteiger partial charge is 0.267 e. The second-order valence-corrected chi connectivity index (χ2v) is 11.7. The van der Waals surface area contributed by atoms with E-state index in [0.29, 0.717) is 39.8 Å². The van der Waals surface area contributed by atoms with E-state index < -0.39 is 10.0 Å². The van der Waals surface area contributed by atoms with E-state index >= 15 is 0 Å². The number of piperazine rings is 1. The number of aryl methyl sites for hydroxylation is 1. The number of para-hydroxylation sites is 1. The number of benzene rings is 2. The maximum Gasteiger partial charge on any atom is 0.267 e. The first-order valence-corrected chi connectivity index (χ1v) is 15.0. The summed E-state index contributed by atoms with van der Waals surface area (Å²) in [5.41, 5.74) is 2.68. The van der Waals surface area contributed by atoms with Crippen LogP contribution < -0.4 is 19.1 Å². The van der Waals surface area contributed by atoms with Crippen LogP contribution in [-0.4, -0.2) is 73.4 Å². The molecule has 0 saturated carbocycles. The van der Waals surface area contributed by atoms with Gasteiger partial charge in [0, 0.05) is 50.6 Å². The quantitative estimate of drug-likeness (QED) is 0.299. The number of sulfonamides is 1. The fraction of sp³-hybridized carbons (Fsp3) is 0.321. The third-order valence-electron chi connectivity index (χ3n) is 6.90. The zero-order chi connectivity index (χ0) is 29.1. The van der Waals surface area contributed by atoms with Crippen LogP contribution >= 0.6 is 11.6 Å². The number of nitrogens with zero attached hydrogens (tertiary/aromatic N) is 6. The topological polar surface area (TPSA) is 115 Å². The number of likely N-dealkylation sites (N-methyl/N-ethyl adjacent to an activating group) is 1. The Morgan fingerprint density at radius 3 is 2.41 bits per heavy atom. The molecule has 1 aliphatic heterocycles. The van der Waals surface area contributed by atoms with Crippen molar-refractivity contribution in [2.24, 2.45) is 7.05 Å². The summed E-state index contributed by atoms with van der Waals surface area (Å²) in [6, 6.07) is 13.0. The molecular formula is C28H32ClN7O4S. The van der Waals surface area contributed by atoms with Gasteiger partial charge in [-0.1, -0.05) is 36.7 Å². The number of ether oxygens (including phenoxy) is 2. The Bertz CT molecular complexity index is 1650. The number of aromatic nitrogens is 4. The van der Waals surface area contributed by atoms with E-state index in [4.69, 9.17) is 21.1 Å². The Morgan fingerprint density at radius 2 is 1.73 bits per heavy atom. The number of nitrogens with one attached hydrogen (secondary N) is 1. The molecule has 4 aromatic rings. The van der Waals surface area contributed by atoms with Crippen molar-refractivity contribution >= 4 is 33.3 Å². The van der Waals surface area contributed by atoms with Gasteiger partial charge < -0.3 is 19.3 Å². The van der Waals surface area contributed by atoms with Crippen molar-refractivity contribution < 1.29 is 17.9 Å². The summed E-state index contributed by atoms with van der Waals surface area (Å²) in [7, 11) is 1.27. The largest absolute Gasteiger partial charge is 0.496 e. The van der Waals surface area contributed by atoms with Crippen molar-refractivity contribution in [2.45, 2.75) is 18.2 Å². The fourth-order valence-electron chi connectivity index (χ4n) is 4.67. The average Bonchev–Trinajstić information content (AvgIpc) is 3.41. The van der Waals surface area contributed by atoms with Gasteiger partial charge in [0.2, 0.25) is 11.8 Å². The predicted molar refractivity (Wildman–Crippen MR) is 159 cm³/mol. The minimum Gasteiger partial charge on any atom is -0.496 e. The second-order valence-electron chi connectivity index (χ2n) is 9.67. The Labute approximate surface area is 244 Å². The molecule has 0 bridgehead atoms. The maximum absolute atomic E-state index is 13.2. The van der Waals surface area contributed by atoms with E-state index in [0.717, 1.165) is 31.9 Å². The van der Waals surface area contributed by atoms with Crippen molar-refractivity contribution in [1.82, 2.24) is 24.6 Å². The van der Waals surface area contributed by atoms with Crippen LogP contribution in [0.5, 0.6) is 17.4 Å². The highest BCUT2D eigenvalue weighted by molar-refractivity contribution is 7.92. The molecule has 0 unspecified atom stereocenters. The van der Waals surface area contributed by atoms with Crippen LogP contribution in [0.2, 0.25) is 5.02 Å². The molecule has 1 aliphatic rings. The molecule has 0 amide bonds. The highest BCUT2D eigenvalue weighted by Crippen LogP contribution is 2.41. The number of hydrogen-bond acceptors (Lipinski definition) is 9. The molecule has 13 heteroatoms. The lowest BCUT2D eigenvalue weighted by Crippen LogP contribution is -2.44. The first kappa shape index (κ1) is 28.7. The van der Waals surface area contributed by atoms with E-state index in [1.165, 1.54) is 17.1 Å². The minimum atomic E-state index is -4.03. The Hall–Kier alpha value is -3.87. The van der Waals surface area contributed by atoms with Crippen LogP contribution in [0, 0.1) is 0 Å². The SMILES string of the molecule is CCc1c(Oc2cccc(N3CCN(C)CC3)c2Cl)nc(NS(=O)(=O)c2cnn(C)c2)nc1-c1ccccc1OC. The molecule has 1 fully saturated rings. The summed E-state index contributed by atoms with van der Waals surface area (Å²) < 4.78 is 42.2. The van der Waals surface area contributed by atoms with Crippen molar-refractivity contribution in [2.75, 3.05) is 50.0 Å². The van der Waals surface area contributed by atoms with Crippen LogP contribution in [0.4, 0.5) is 11.6 Å². The van der Waals surface area contributed by atoms with Crippen LogP contribution in [-0.2, 0) is 23.5 Å². The lowest BCUT2D eigenvalue weighted by molar-refractivity contribution is 0.313. The summed E-state index contributed by atoms with van der Waals surface area (Å²) in [5, 5.41) is 4.42. The maximum atomic E-state index is 13.2. The molecule has 2 aromatic carbocycles. The van der Waals surface area contributed by atoms with Crippen LogP contribution in [0.3, 0.4) is 0 Å². The molecule has 216 valence electrons. The number of halogens is 1. The normalized spacial score (nSPS) is 14.2. The molecule has 1 saturated heterocycles. The second kappa shape index (κ2) is 11.9. The molecule has 0 atom stereocenters. The van der Waals surface area contributed by atoms with Gasteiger partial charge in [-0.15, -0.1) is 0 Å². The van der Waals surface area contributed by atoms with Gasteiger partial charge in [0.15, 0.2) is 0 Å². The van der Waals surface area contributed by atoms with Gasteiger partial charge in [-0.2, -0.15) is 10.1 Å². The highest BCUT2D eigenvalue weighted by atomic mass is 35.5. The Balaban J connectivity index is 1.60. The van der Waals surface area contributed by atoms with E-state index in [2.05, 4.69) is 36.6 Å². The van der Waals surface area contributed by atoms with E-state index in [-0.39, 0.29) is 16.7 Å². The molecule has 2 aromatic heterocycles.